The lowest BCUT2D eigenvalue weighted by atomic mass is 9.46. The van der Waals surface area contributed by atoms with Crippen LogP contribution >= 0.6 is 0 Å². The van der Waals surface area contributed by atoms with Crippen LogP contribution in [0.15, 0.2) is 11.6 Å². The molecule has 7 rings (SSSR count). The summed E-state index contributed by atoms with van der Waals surface area (Å²) in [5.74, 6) is 0.548. The van der Waals surface area contributed by atoms with Crippen LogP contribution in [0, 0.1) is 40.4 Å². The molecule has 10 heteroatoms. The monoisotopic (exact) mass is 608 g/mol. The summed E-state index contributed by atoms with van der Waals surface area (Å²) in [6.45, 7) is 6.94. The molecule has 3 saturated heterocycles. The highest BCUT2D eigenvalue weighted by Gasteiger charge is 2.76. The van der Waals surface area contributed by atoms with Gasteiger partial charge in [-0.25, -0.2) is 0 Å². The smallest absolute Gasteiger partial charge is 0.186 e. The molecule has 1 spiro atoms. The van der Waals surface area contributed by atoms with E-state index in [9.17, 15) is 30.6 Å². The molecule has 4 aliphatic carbocycles. The maximum atomic E-state index is 12.6. The van der Waals surface area contributed by atoms with E-state index in [1.54, 1.807) is 0 Å². The van der Waals surface area contributed by atoms with Gasteiger partial charge in [-0.3, -0.25) is 0 Å². The SMILES string of the molecule is CC1C2(CCC(CO)CO2)OC2CC3C4CC=C5CC(OC6OC(CO)C(O)C(O)C6O)CCC5(C)C4CCC3(C)C21O. The number of allylic oxidation sites excluding steroid dienone is 1. The standard InChI is InChI=1S/C33H52O10/c1-17-32(11-6-18(14-34)16-40-32)43-25-13-23-21-5-4-19-12-20(41-29-28(38)27(37)26(36)24(15-35)42-29)7-9-30(19,2)22(21)8-10-31(23,3)33(17,25)39/h4,17-18,20-29,34-39H,5-16H2,1-3H3. The second kappa shape index (κ2) is 10.7. The van der Waals surface area contributed by atoms with Gasteiger partial charge in [-0.05, 0) is 74.5 Å². The summed E-state index contributed by atoms with van der Waals surface area (Å²) >= 11 is 0. The number of aliphatic hydroxyl groups is 6. The molecule has 6 N–H and O–H groups in total. The Morgan fingerprint density at radius 3 is 2.44 bits per heavy atom. The first-order valence-corrected chi connectivity index (χ1v) is 16.7. The van der Waals surface area contributed by atoms with Crippen molar-refractivity contribution in [2.45, 2.75) is 133 Å². The van der Waals surface area contributed by atoms with Crippen molar-refractivity contribution in [3.63, 3.8) is 0 Å². The summed E-state index contributed by atoms with van der Waals surface area (Å²) in [6, 6.07) is 0. The zero-order valence-electron chi connectivity index (χ0n) is 25.8. The summed E-state index contributed by atoms with van der Waals surface area (Å²) in [7, 11) is 0. The lowest BCUT2D eigenvalue weighted by molar-refractivity contribution is -0.313. The van der Waals surface area contributed by atoms with Gasteiger partial charge in [-0.2, -0.15) is 0 Å². The predicted octanol–water partition coefficient (Wildman–Crippen LogP) is 1.63. The molecule has 0 radical (unpaired) electrons. The van der Waals surface area contributed by atoms with Gasteiger partial charge in [0.15, 0.2) is 12.1 Å². The van der Waals surface area contributed by atoms with Gasteiger partial charge in [-0.15, -0.1) is 0 Å². The molecule has 6 fully saturated rings. The fourth-order valence-electron chi connectivity index (χ4n) is 11.1. The molecule has 7 aliphatic rings. The van der Waals surface area contributed by atoms with Gasteiger partial charge >= 0.3 is 0 Å². The number of rotatable bonds is 4. The van der Waals surface area contributed by atoms with Crippen LogP contribution in [0.5, 0.6) is 0 Å². The molecule has 43 heavy (non-hydrogen) atoms. The molecule has 3 saturated carbocycles. The van der Waals surface area contributed by atoms with E-state index in [-0.39, 0.29) is 41.5 Å². The molecular weight excluding hydrogens is 556 g/mol. The Morgan fingerprint density at radius 1 is 0.953 bits per heavy atom. The van der Waals surface area contributed by atoms with E-state index >= 15 is 0 Å². The van der Waals surface area contributed by atoms with E-state index in [1.165, 1.54) is 5.57 Å². The van der Waals surface area contributed by atoms with Crippen LogP contribution in [0.3, 0.4) is 0 Å². The molecule has 0 aromatic rings. The highest BCUT2D eigenvalue weighted by molar-refractivity contribution is 5.29. The second-order valence-corrected chi connectivity index (χ2v) is 15.5. The Morgan fingerprint density at radius 2 is 1.74 bits per heavy atom. The normalized spacial score (nSPS) is 57.9. The quantitative estimate of drug-likeness (QED) is 0.259. The highest BCUT2D eigenvalue weighted by Crippen LogP contribution is 2.72. The van der Waals surface area contributed by atoms with Crippen LogP contribution in [-0.2, 0) is 18.9 Å². The van der Waals surface area contributed by atoms with Crippen LogP contribution in [0.1, 0.15) is 78.6 Å². The van der Waals surface area contributed by atoms with Gasteiger partial charge < -0.3 is 49.6 Å². The van der Waals surface area contributed by atoms with Crippen molar-refractivity contribution in [2.24, 2.45) is 40.4 Å². The summed E-state index contributed by atoms with van der Waals surface area (Å²) in [5, 5.41) is 62.6. The number of hydrogen-bond acceptors (Lipinski definition) is 10. The average molecular weight is 609 g/mol. The van der Waals surface area contributed by atoms with Crippen molar-refractivity contribution in [3.8, 4) is 0 Å². The third-order valence-corrected chi connectivity index (χ3v) is 13.9. The van der Waals surface area contributed by atoms with Crippen molar-refractivity contribution in [2.75, 3.05) is 19.8 Å². The molecule has 16 unspecified atom stereocenters. The van der Waals surface area contributed by atoms with Crippen molar-refractivity contribution in [1.82, 2.24) is 0 Å². The van der Waals surface area contributed by atoms with Gasteiger partial charge in [0.1, 0.15) is 30.0 Å². The molecule has 0 amide bonds. The van der Waals surface area contributed by atoms with Crippen LogP contribution < -0.4 is 0 Å². The molecular formula is C33H52O10. The minimum Gasteiger partial charge on any atom is -0.396 e. The van der Waals surface area contributed by atoms with Crippen molar-refractivity contribution >= 4 is 0 Å². The number of ether oxygens (including phenoxy) is 4. The summed E-state index contributed by atoms with van der Waals surface area (Å²) < 4.78 is 24.9. The summed E-state index contributed by atoms with van der Waals surface area (Å²) in [5.41, 5.74) is 0.201. The zero-order valence-corrected chi connectivity index (χ0v) is 25.8. The van der Waals surface area contributed by atoms with E-state index in [0.29, 0.717) is 30.8 Å². The van der Waals surface area contributed by atoms with Gasteiger partial charge in [0, 0.05) is 30.3 Å². The van der Waals surface area contributed by atoms with Gasteiger partial charge in [0.2, 0.25) is 0 Å². The first kappa shape index (κ1) is 31.0. The fraction of sp³-hybridized carbons (Fsp3) is 0.939. The lowest BCUT2D eigenvalue weighted by Crippen LogP contribution is -2.60. The van der Waals surface area contributed by atoms with Crippen molar-refractivity contribution < 1.29 is 49.6 Å². The molecule has 3 heterocycles. The minimum absolute atomic E-state index is 0.0271. The number of aliphatic hydroxyl groups excluding tert-OH is 5. The van der Waals surface area contributed by atoms with Gasteiger partial charge in [0.05, 0.1) is 25.4 Å². The molecule has 0 bridgehead atoms. The third-order valence-electron chi connectivity index (χ3n) is 13.9. The number of fused-ring (bicyclic) bond motifs is 7. The van der Waals surface area contributed by atoms with Crippen LogP contribution in [0.4, 0.5) is 0 Å². The van der Waals surface area contributed by atoms with E-state index in [1.807, 2.05) is 0 Å². The molecule has 16 atom stereocenters. The van der Waals surface area contributed by atoms with Crippen LogP contribution in [0.2, 0.25) is 0 Å². The van der Waals surface area contributed by atoms with Crippen LogP contribution in [-0.4, -0.2) is 105 Å². The molecule has 0 aromatic heterocycles. The molecule has 3 aliphatic heterocycles. The van der Waals surface area contributed by atoms with E-state index in [4.69, 9.17) is 18.9 Å². The fourth-order valence-corrected chi connectivity index (χ4v) is 11.1. The van der Waals surface area contributed by atoms with Gasteiger partial charge in [-0.1, -0.05) is 32.4 Å². The van der Waals surface area contributed by atoms with Crippen molar-refractivity contribution in [1.29, 1.82) is 0 Å². The van der Waals surface area contributed by atoms with E-state index in [0.717, 1.165) is 51.4 Å². The topological polar surface area (TPSA) is 158 Å². The highest BCUT2D eigenvalue weighted by atomic mass is 16.7. The maximum absolute atomic E-state index is 12.6. The Balaban J connectivity index is 1.07. The Bertz CT molecular complexity index is 1090. The van der Waals surface area contributed by atoms with E-state index < -0.39 is 48.7 Å². The van der Waals surface area contributed by atoms with Crippen LogP contribution in [0.25, 0.3) is 0 Å². The Hall–Kier alpha value is -0.660. The Labute approximate surface area is 254 Å². The van der Waals surface area contributed by atoms with E-state index in [2.05, 4.69) is 26.8 Å². The van der Waals surface area contributed by atoms with Crippen molar-refractivity contribution in [3.05, 3.63) is 11.6 Å². The third kappa shape index (κ3) is 4.27. The Kier molecular flexibility index (Phi) is 7.70. The summed E-state index contributed by atoms with van der Waals surface area (Å²) in [6.07, 6.45) is 3.45. The lowest BCUT2D eigenvalue weighted by Gasteiger charge is -2.60. The first-order valence-electron chi connectivity index (χ1n) is 16.7. The molecule has 10 nitrogen and oxygen atoms in total. The maximum Gasteiger partial charge on any atom is 0.186 e. The number of hydrogen-bond donors (Lipinski definition) is 6. The summed E-state index contributed by atoms with van der Waals surface area (Å²) in [4.78, 5) is 0. The molecule has 0 aromatic carbocycles. The zero-order chi connectivity index (χ0) is 30.5. The largest absolute Gasteiger partial charge is 0.396 e. The molecule has 244 valence electrons. The minimum atomic E-state index is -1.44. The van der Waals surface area contributed by atoms with Gasteiger partial charge in [0.25, 0.3) is 0 Å². The average Bonchev–Trinajstić information content (AvgIpc) is 3.36. The second-order valence-electron chi connectivity index (χ2n) is 15.5. The predicted molar refractivity (Wildman–Crippen MR) is 153 cm³/mol. The first-order chi connectivity index (χ1) is 20.4.